The van der Waals surface area contributed by atoms with Crippen LogP contribution < -0.4 is 5.19 Å². The van der Waals surface area contributed by atoms with E-state index in [9.17, 15) is 0 Å². The summed E-state index contributed by atoms with van der Waals surface area (Å²) >= 11 is 0. The third kappa shape index (κ3) is 4.00. The molecule has 0 aliphatic heterocycles. The summed E-state index contributed by atoms with van der Waals surface area (Å²) in [5.41, 5.74) is 13.7. The minimum absolute atomic E-state index is 1.34. The zero-order valence-electron chi connectivity index (χ0n) is 19.0. The monoisotopic (exact) mass is 386 g/mol. The van der Waals surface area contributed by atoms with Gasteiger partial charge in [-0.2, -0.15) is 0 Å². The highest BCUT2D eigenvalue weighted by atomic mass is 28.3. The Kier molecular flexibility index (Phi) is 5.42. The highest BCUT2D eigenvalue weighted by molar-refractivity contribution is 6.88. The van der Waals surface area contributed by atoms with Crippen molar-refractivity contribution in [3.63, 3.8) is 0 Å². The van der Waals surface area contributed by atoms with Gasteiger partial charge in [-0.25, -0.2) is 0 Å². The van der Waals surface area contributed by atoms with Crippen molar-refractivity contribution in [2.75, 3.05) is 0 Å². The van der Waals surface area contributed by atoms with E-state index in [-0.39, 0.29) is 0 Å². The fourth-order valence-electron chi connectivity index (χ4n) is 4.62. The molecule has 0 fully saturated rings. The molecule has 28 heavy (non-hydrogen) atoms. The molecule has 0 bridgehead atoms. The lowest BCUT2D eigenvalue weighted by molar-refractivity contribution is 1.31. The van der Waals surface area contributed by atoms with Crippen LogP contribution >= 0.6 is 0 Å². The van der Waals surface area contributed by atoms with Crippen molar-refractivity contribution in [3.8, 4) is 22.3 Å². The second kappa shape index (κ2) is 7.37. The summed E-state index contributed by atoms with van der Waals surface area (Å²) in [6.45, 7) is 20.7. The summed E-state index contributed by atoms with van der Waals surface area (Å²) in [5.74, 6) is 0. The fourth-order valence-corrected chi connectivity index (χ4v) is 5.80. The molecule has 0 saturated heterocycles. The third-order valence-electron chi connectivity index (χ3n) is 5.73. The Hall–Kier alpha value is -2.12. The second-order valence-electron chi connectivity index (χ2n) is 9.60. The van der Waals surface area contributed by atoms with E-state index in [1.165, 1.54) is 60.8 Å². The van der Waals surface area contributed by atoms with Crippen LogP contribution in [-0.4, -0.2) is 8.07 Å². The average molecular weight is 387 g/mol. The quantitative estimate of drug-likeness (QED) is 0.411. The molecular formula is C27H34Si. The minimum Gasteiger partial charge on any atom is -0.0656 e. The maximum atomic E-state index is 2.46. The molecule has 3 aromatic rings. The lowest BCUT2D eigenvalue weighted by Gasteiger charge is -2.22. The topological polar surface area (TPSA) is 0 Å². The molecule has 0 radical (unpaired) electrons. The summed E-state index contributed by atoms with van der Waals surface area (Å²) in [6, 6.07) is 16.6. The summed E-state index contributed by atoms with van der Waals surface area (Å²) in [7, 11) is -1.45. The van der Waals surface area contributed by atoms with Crippen LogP contribution in [0.3, 0.4) is 0 Å². The Labute approximate surface area is 172 Å². The van der Waals surface area contributed by atoms with Crippen LogP contribution in [0.25, 0.3) is 22.3 Å². The van der Waals surface area contributed by atoms with Crippen molar-refractivity contribution in [1.29, 1.82) is 0 Å². The standard InChI is InChI=1S/C27H34Si/c1-17-10-19(3)26(20(4)11-17)23-14-24(16-25(15-23)28(7,8)9)27-21(5)12-18(2)13-22(27)6/h10-16H,1-9H3. The van der Waals surface area contributed by atoms with Crippen LogP contribution in [0.1, 0.15) is 33.4 Å². The molecule has 146 valence electrons. The van der Waals surface area contributed by atoms with Crippen LogP contribution in [0.5, 0.6) is 0 Å². The first-order valence-corrected chi connectivity index (χ1v) is 13.8. The van der Waals surface area contributed by atoms with Crippen LogP contribution in [0.2, 0.25) is 19.6 Å². The third-order valence-corrected chi connectivity index (χ3v) is 7.75. The summed E-state index contributed by atoms with van der Waals surface area (Å²) in [6.07, 6.45) is 0. The molecule has 0 aromatic heterocycles. The normalized spacial score (nSPS) is 11.8. The molecule has 3 aromatic carbocycles. The lowest BCUT2D eigenvalue weighted by atomic mass is 9.89. The first-order chi connectivity index (χ1) is 13.0. The van der Waals surface area contributed by atoms with Crippen molar-refractivity contribution in [2.45, 2.75) is 61.2 Å². The Bertz CT molecular complexity index is 927. The largest absolute Gasteiger partial charge is 0.0776 e. The van der Waals surface area contributed by atoms with E-state index in [2.05, 4.69) is 104 Å². The number of aryl methyl sites for hydroxylation is 6. The van der Waals surface area contributed by atoms with E-state index in [0.717, 1.165) is 0 Å². The smallest absolute Gasteiger partial charge is 0.0656 e. The molecule has 0 spiro atoms. The van der Waals surface area contributed by atoms with Crippen LogP contribution in [0.15, 0.2) is 42.5 Å². The molecular weight excluding hydrogens is 352 g/mol. The summed E-state index contributed by atoms with van der Waals surface area (Å²) in [5, 5.41) is 1.53. The minimum atomic E-state index is -1.45. The maximum absolute atomic E-state index is 2.46. The summed E-state index contributed by atoms with van der Waals surface area (Å²) in [4.78, 5) is 0. The predicted octanol–water partition coefficient (Wildman–Crippen LogP) is 7.42. The molecule has 0 aliphatic rings. The Morgan fingerprint density at radius 2 is 0.786 bits per heavy atom. The SMILES string of the molecule is Cc1cc(C)c(-c2cc(-c3c(C)cc(C)cc3C)cc([Si](C)(C)C)c2)c(C)c1. The average Bonchev–Trinajstić information content (AvgIpc) is 2.51. The molecule has 0 unspecified atom stereocenters. The Balaban J connectivity index is 2.35. The number of benzene rings is 3. The molecule has 1 heteroatoms. The predicted molar refractivity (Wildman–Crippen MR) is 129 cm³/mol. The van der Waals surface area contributed by atoms with Gasteiger partial charge in [-0.15, -0.1) is 0 Å². The van der Waals surface area contributed by atoms with Gasteiger partial charge in [0.2, 0.25) is 0 Å². The van der Waals surface area contributed by atoms with Crippen LogP contribution in [0.4, 0.5) is 0 Å². The van der Waals surface area contributed by atoms with E-state index in [0.29, 0.717) is 0 Å². The first-order valence-electron chi connectivity index (χ1n) is 10.3. The van der Waals surface area contributed by atoms with E-state index >= 15 is 0 Å². The zero-order chi connectivity index (χ0) is 20.8. The number of rotatable bonds is 3. The van der Waals surface area contributed by atoms with Gasteiger partial charge in [0, 0.05) is 0 Å². The zero-order valence-corrected chi connectivity index (χ0v) is 20.0. The molecule has 0 N–H and O–H groups in total. The Morgan fingerprint density at radius 1 is 0.464 bits per heavy atom. The van der Waals surface area contributed by atoms with Gasteiger partial charge in [0.25, 0.3) is 0 Å². The van der Waals surface area contributed by atoms with E-state index in [1.54, 1.807) is 0 Å². The first kappa shape index (κ1) is 20.6. The van der Waals surface area contributed by atoms with Crippen LogP contribution in [0, 0.1) is 41.5 Å². The molecule has 0 saturated carbocycles. The second-order valence-corrected chi connectivity index (χ2v) is 14.7. The van der Waals surface area contributed by atoms with Crippen molar-refractivity contribution in [1.82, 2.24) is 0 Å². The highest BCUT2D eigenvalue weighted by Crippen LogP contribution is 2.34. The van der Waals surface area contributed by atoms with Crippen molar-refractivity contribution in [2.24, 2.45) is 0 Å². The number of hydrogen-bond donors (Lipinski definition) is 0. The number of hydrogen-bond acceptors (Lipinski definition) is 0. The molecule has 0 aliphatic carbocycles. The maximum Gasteiger partial charge on any atom is 0.0776 e. The molecule has 0 atom stereocenters. The van der Waals surface area contributed by atoms with Crippen molar-refractivity contribution >= 4 is 13.3 Å². The Morgan fingerprint density at radius 3 is 1.07 bits per heavy atom. The summed E-state index contributed by atoms with van der Waals surface area (Å²) < 4.78 is 0. The molecule has 3 rings (SSSR count). The van der Waals surface area contributed by atoms with Gasteiger partial charge in [-0.1, -0.05) is 72.4 Å². The van der Waals surface area contributed by atoms with Gasteiger partial charge in [0.1, 0.15) is 0 Å². The lowest BCUT2D eigenvalue weighted by Crippen LogP contribution is -2.37. The van der Waals surface area contributed by atoms with Crippen molar-refractivity contribution < 1.29 is 0 Å². The van der Waals surface area contributed by atoms with Gasteiger partial charge in [0.05, 0.1) is 8.07 Å². The van der Waals surface area contributed by atoms with Gasteiger partial charge in [0.15, 0.2) is 0 Å². The highest BCUT2D eigenvalue weighted by Gasteiger charge is 2.20. The molecule has 0 nitrogen and oxygen atoms in total. The van der Waals surface area contributed by atoms with E-state index in [1.807, 2.05) is 0 Å². The molecule has 0 amide bonds. The van der Waals surface area contributed by atoms with Crippen molar-refractivity contribution in [3.05, 3.63) is 75.8 Å². The van der Waals surface area contributed by atoms with Gasteiger partial charge in [-0.3, -0.25) is 0 Å². The van der Waals surface area contributed by atoms with Gasteiger partial charge >= 0.3 is 0 Å². The van der Waals surface area contributed by atoms with E-state index in [4.69, 9.17) is 0 Å². The fraction of sp³-hybridized carbons (Fsp3) is 0.333. The van der Waals surface area contributed by atoms with Gasteiger partial charge < -0.3 is 0 Å². The molecule has 0 heterocycles. The van der Waals surface area contributed by atoms with E-state index < -0.39 is 8.07 Å². The van der Waals surface area contributed by atoms with Gasteiger partial charge in [-0.05, 0) is 92.1 Å². The van der Waals surface area contributed by atoms with Crippen LogP contribution in [-0.2, 0) is 0 Å².